The highest BCUT2D eigenvalue weighted by atomic mass is 32.2. The van der Waals surface area contributed by atoms with Crippen LogP contribution in [0, 0.1) is 19.7 Å². The van der Waals surface area contributed by atoms with Crippen molar-refractivity contribution in [2.45, 2.75) is 25.2 Å². The minimum Gasteiger partial charge on any atom is -0.339 e. The number of aryl methyl sites for hydroxylation is 2. The fraction of sp³-hybridized carbons (Fsp3) is 0.267. The van der Waals surface area contributed by atoms with Crippen LogP contribution in [0.4, 0.5) is 4.39 Å². The van der Waals surface area contributed by atoms with E-state index in [9.17, 15) is 12.8 Å². The molecule has 3 rings (SSSR count). The van der Waals surface area contributed by atoms with Crippen LogP contribution in [-0.2, 0) is 16.4 Å². The first kappa shape index (κ1) is 17.2. The van der Waals surface area contributed by atoms with Crippen LogP contribution in [0.3, 0.4) is 0 Å². The normalized spacial score (nSPS) is 11.8. The van der Waals surface area contributed by atoms with Gasteiger partial charge in [0.05, 0.1) is 17.0 Å². The van der Waals surface area contributed by atoms with Gasteiger partial charge in [0.15, 0.2) is 0 Å². The molecule has 0 unspecified atom stereocenters. The number of aromatic amines is 1. The lowest BCUT2D eigenvalue weighted by molar-refractivity contribution is 0.378. The van der Waals surface area contributed by atoms with Crippen LogP contribution in [0.5, 0.6) is 0 Å². The molecule has 0 aliphatic heterocycles. The topological polar surface area (TPSA) is 114 Å². The standard InChI is InChI=1S/C15H16FN5O3S/c1-9-14(10(2)20-19-9)25(22,23)17-8-7-13-18-15(21-24-13)11-5-3-4-6-12(11)16/h3-6,17H,7-8H2,1-2H3,(H,19,20). The molecule has 2 aromatic heterocycles. The van der Waals surface area contributed by atoms with Crippen LogP contribution in [-0.4, -0.2) is 35.3 Å². The average molecular weight is 365 g/mol. The molecule has 0 aliphatic rings. The number of halogens is 1. The van der Waals surface area contributed by atoms with E-state index in [1.54, 1.807) is 26.0 Å². The number of nitrogens with zero attached hydrogens (tertiary/aromatic N) is 3. The first-order valence-corrected chi connectivity index (χ1v) is 8.95. The molecule has 0 amide bonds. The van der Waals surface area contributed by atoms with Gasteiger partial charge in [-0.15, -0.1) is 0 Å². The highest BCUT2D eigenvalue weighted by molar-refractivity contribution is 7.89. The summed E-state index contributed by atoms with van der Waals surface area (Å²) in [6.45, 7) is 3.30. The zero-order chi connectivity index (χ0) is 18.0. The van der Waals surface area contributed by atoms with Gasteiger partial charge in [-0.05, 0) is 26.0 Å². The van der Waals surface area contributed by atoms with E-state index >= 15 is 0 Å². The number of benzene rings is 1. The Hall–Kier alpha value is -2.59. The molecule has 0 radical (unpaired) electrons. The van der Waals surface area contributed by atoms with Gasteiger partial charge in [-0.1, -0.05) is 17.3 Å². The first-order chi connectivity index (χ1) is 11.9. The maximum Gasteiger partial charge on any atom is 0.244 e. The number of hydrogen-bond donors (Lipinski definition) is 2. The van der Waals surface area contributed by atoms with E-state index in [1.165, 1.54) is 12.1 Å². The van der Waals surface area contributed by atoms with Gasteiger partial charge in [-0.25, -0.2) is 17.5 Å². The highest BCUT2D eigenvalue weighted by Crippen LogP contribution is 2.19. The quantitative estimate of drug-likeness (QED) is 0.688. The Morgan fingerprint density at radius 1 is 1.28 bits per heavy atom. The van der Waals surface area contributed by atoms with E-state index in [4.69, 9.17) is 4.52 Å². The van der Waals surface area contributed by atoms with Gasteiger partial charge in [0, 0.05) is 13.0 Å². The summed E-state index contributed by atoms with van der Waals surface area (Å²) in [6, 6.07) is 6.07. The van der Waals surface area contributed by atoms with Crippen molar-refractivity contribution in [1.82, 2.24) is 25.1 Å². The lowest BCUT2D eigenvalue weighted by Crippen LogP contribution is -2.27. The Morgan fingerprint density at radius 2 is 2.04 bits per heavy atom. The molecule has 0 saturated heterocycles. The van der Waals surface area contributed by atoms with E-state index in [2.05, 4.69) is 25.1 Å². The summed E-state index contributed by atoms with van der Waals surface area (Å²) >= 11 is 0. The lowest BCUT2D eigenvalue weighted by atomic mass is 10.2. The van der Waals surface area contributed by atoms with Crippen molar-refractivity contribution in [2.24, 2.45) is 0 Å². The van der Waals surface area contributed by atoms with Crippen LogP contribution in [0.1, 0.15) is 17.3 Å². The van der Waals surface area contributed by atoms with Crippen molar-refractivity contribution >= 4 is 10.0 Å². The van der Waals surface area contributed by atoms with Crippen LogP contribution in [0.25, 0.3) is 11.4 Å². The fourth-order valence-electron chi connectivity index (χ4n) is 2.41. The van der Waals surface area contributed by atoms with E-state index in [1.807, 2.05) is 0 Å². The summed E-state index contributed by atoms with van der Waals surface area (Å²) in [5.41, 5.74) is 1.08. The summed E-state index contributed by atoms with van der Waals surface area (Å²) in [4.78, 5) is 4.22. The molecule has 0 saturated carbocycles. The summed E-state index contributed by atoms with van der Waals surface area (Å²) in [5.74, 6) is -0.125. The first-order valence-electron chi connectivity index (χ1n) is 7.47. The zero-order valence-corrected chi connectivity index (χ0v) is 14.4. The third kappa shape index (κ3) is 3.59. The number of hydrogen-bond acceptors (Lipinski definition) is 6. The predicted octanol–water partition coefficient (Wildman–Crippen LogP) is 1.74. The summed E-state index contributed by atoms with van der Waals surface area (Å²) in [7, 11) is -3.69. The van der Waals surface area contributed by atoms with Gasteiger partial charge in [0.1, 0.15) is 10.7 Å². The Morgan fingerprint density at radius 3 is 2.72 bits per heavy atom. The van der Waals surface area contributed by atoms with E-state index in [0.29, 0.717) is 11.4 Å². The number of rotatable bonds is 6. The molecule has 0 atom stereocenters. The lowest BCUT2D eigenvalue weighted by Gasteiger charge is -2.05. The molecule has 2 heterocycles. The molecule has 3 aromatic rings. The molecular weight excluding hydrogens is 349 g/mol. The molecule has 10 heteroatoms. The fourth-order valence-corrected chi connectivity index (χ4v) is 3.81. The van der Waals surface area contributed by atoms with Crippen molar-refractivity contribution < 1.29 is 17.3 Å². The Balaban J connectivity index is 1.66. The second-order valence-electron chi connectivity index (χ2n) is 5.40. The highest BCUT2D eigenvalue weighted by Gasteiger charge is 2.22. The molecule has 2 N–H and O–H groups in total. The smallest absolute Gasteiger partial charge is 0.244 e. The van der Waals surface area contributed by atoms with Crippen molar-refractivity contribution in [3.05, 3.63) is 47.4 Å². The summed E-state index contributed by atoms with van der Waals surface area (Å²) in [5, 5.41) is 10.2. The SMILES string of the molecule is Cc1n[nH]c(C)c1S(=O)(=O)NCCc1nc(-c2ccccc2F)no1. The summed E-state index contributed by atoms with van der Waals surface area (Å²) in [6.07, 6.45) is 0.177. The third-order valence-electron chi connectivity index (χ3n) is 3.54. The van der Waals surface area contributed by atoms with Gasteiger partial charge in [-0.3, -0.25) is 5.10 Å². The van der Waals surface area contributed by atoms with Crippen molar-refractivity contribution in [1.29, 1.82) is 0 Å². The third-order valence-corrected chi connectivity index (χ3v) is 5.27. The van der Waals surface area contributed by atoms with Gasteiger partial charge >= 0.3 is 0 Å². The Kier molecular flexibility index (Phi) is 4.64. The molecule has 0 bridgehead atoms. The summed E-state index contributed by atoms with van der Waals surface area (Å²) < 4.78 is 45.8. The minimum absolute atomic E-state index is 0.0608. The van der Waals surface area contributed by atoms with Crippen molar-refractivity contribution in [2.75, 3.05) is 6.54 Å². The molecule has 0 spiro atoms. The minimum atomic E-state index is -3.69. The predicted molar refractivity (Wildman–Crippen MR) is 86.6 cm³/mol. The van der Waals surface area contributed by atoms with Gasteiger partial charge in [0.25, 0.3) is 0 Å². The number of aromatic nitrogens is 4. The van der Waals surface area contributed by atoms with E-state index in [-0.39, 0.29) is 35.1 Å². The molecule has 132 valence electrons. The molecule has 1 aromatic carbocycles. The molecule has 25 heavy (non-hydrogen) atoms. The molecular formula is C15H16FN5O3S. The monoisotopic (exact) mass is 365 g/mol. The van der Waals surface area contributed by atoms with Crippen LogP contribution < -0.4 is 4.72 Å². The second-order valence-corrected chi connectivity index (χ2v) is 7.11. The average Bonchev–Trinajstić information content (AvgIpc) is 3.15. The zero-order valence-electron chi connectivity index (χ0n) is 13.6. The van der Waals surface area contributed by atoms with E-state index < -0.39 is 15.8 Å². The van der Waals surface area contributed by atoms with Gasteiger partial charge in [-0.2, -0.15) is 10.1 Å². The van der Waals surface area contributed by atoms with Gasteiger partial charge in [0.2, 0.25) is 21.7 Å². The maximum atomic E-state index is 13.7. The van der Waals surface area contributed by atoms with Crippen LogP contribution in [0.15, 0.2) is 33.7 Å². The number of H-pyrrole nitrogens is 1. The Labute approximate surface area is 143 Å². The van der Waals surface area contributed by atoms with Crippen LogP contribution in [0.2, 0.25) is 0 Å². The second kappa shape index (κ2) is 6.73. The van der Waals surface area contributed by atoms with Crippen molar-refractivity contribution in [3.8, 4) is 11.4 Å². The Bertz CT molecular complexity index is 977. The maximum absolute atomic E-state index is 13.7. The molecule has 0 fully saturated rings. The molecule has 8 nitrogen and oxygen atoms in total. The van der Waals surface area contributed by atoms with Gasteiger partial charge < -0.3 is 4.52 Å². The molecule has 0 aliphatic carbocycles. The number of sulfonamides is 1. The van der Waals surface area contributed by atoms with E-state index in [0.717, 1.165) is 0 Å². The van der Waals surface area contributed by atoms with Crippen molar-refractivity contribution in [3.63, 3.8) is 0 Å². The number of nitrogens with one attached hydrogen (secondary N) is 2. The largest absolute Gasteiger partial charge is 0.339 e. The van der Waals surface area contributed by atoms with Crippen LogP contribution >= 0.6 is 0 Å².